The van der Waals surface area contributed by atoms with Gasteiger partial charge in [0.2, 0.25) is 5.91 Å². The average molecular weight is 470 g/mol. The maximum Gasteiger partial charge on any atom is 0.243 e. The zero-order chi connectivity index (χ0) is 24.6. The molecule has 0 fully saturated rings. The minimum absolute atomic E-state index is 0.0169. The number of fused-ring (bicyclic) bond motifs is 1. The van der Waals surface area contributed by atoms with Crippen molar-refractivity contribution < 1.29 is 14.0 Å². The van der Waals surface area contributed by atoms with Crippen LogP contribution in [-0.4, -0.2) is 18.2 Å². The molecule has 5 rings (SSSR count). The van der Waals surface area contributed by atoms with E-state index in [-0.39, 0.29) is 29.5 Å². The lowest BCUT2D eigenvalue weighted by Crippen LogP contribution is -2.40. The fraction of sp³-hybridized carbons (Fsp3) is 0.241. The number of amides is 1. The van der Waals surface area contributed by atoms with Crippen LogP contribution in [0.1, 0.15) is 38.3 Å². The SMILES string of the molecule is CC1(C)CC(=O)C2=C(C1)Nc1ccccc1N(CC(=O)Nc1ccc(F)cc1)[C@@H]2c1ccccc1. The van der Waals surface area contributed by atoms with Crippen LogP contribution < -0.4 is 15.5 Å². The molecule has 0 spiro atoms. The second-order valence-electron chi connectivity index (χ2n) is 9.97. The van der Waals surface area contributed by atoms with Gasteiger partial charge in [-0.15, -0.1) is 0 Å². The van der Waals surface area contributed by atoms with Gasteiger partial charge in [0.05, 0.1) is 24.0 Å². The number of para-hydroxylation sites is 2. The van der Waals surface area contributed by atoms with Gasteiger partial charge in [-0.3, -0.25) is 9.59 Å². The number of carbonyl (C=O) groups is 2. The molecular formula is C29H28FN3O2. The second-order valence-corrected chi connectivity index (χ2v) is 9.97. The molecule has 1 atom stereocenters. The van der Waals surface area contributed by atoms with Crippen molar-refractivity contribution in [2.45, 2.75) is 32.7 Å². The van der Waals surface area contributed by atoms with Crippen LogP contribution in [0.2, 0.25) is 0 Å². The molecule has 1 aliphatic carbocycles. The number of nitrogens with zero attached hydrogens (tertiary/aromatic N) is 1. The highest BCUT2D eigenvalue weighted by atomic mass is 19.1. The molecule has 3 aromatic rings. The Balaban J connectivity index is 1.61. The predicted molar refractivity (Wildman–Crippen MR) is 137 cm³/mol. The number of carbonyl (C=O) groups excluding carboxylic acids is 2. The van der Waals surface area contributed by atoms with Crippen molar-refractivity contribution in [3.63, 3.8) is 0 Å². The van der Waals surface area contributed by atoms with Crippen molar-refractivity contribution in [1.29, 1.82) is 0 Å². The van der Waals surface area contributed by atoms with Crippen molar-refractivity contribution in [3.05, 3.63) is 102 Å². The van der Waals surface area contributed by atoms with Crippen LogP contribution >= 0.6 is 0 Å². The molecule has 178 valence electrons. The Kier molecular flexibility index (Phi) is 5.89. The molecule has 6 heteroatoms. The number of anilines is 3. The summed E-state index contributed by atoms with van der Waals surface area (Å²) in [6.45, 7) is 4.24. The number of allylic oxidation sites excluding steroid dienone is 1. The number of benzene rings is 3. The molecule has 0 aromatic heterocycles. The Morgan fingerprint density at radius 1 is 1.00 bits per heavy atom. The molecule has 0 unspecified atom stereocenters. The number of halogens is 1. The van der Waals surface area contributed by atoms with Crippen LogP contribution in [0.4, 0.5) is 21.5 Å². The van der Waals surface area contributed by atoms with E-state index in [0.29, 0.717) is 17.7 Å². The summed E-state index contributed by atoms with van der Waals surface area (Å²) in [5.41, 5.74) is 4.63. The number of nitrogens with one attached hydrogen (secondary N) is 2. The maximum atomic E-state index is 13.6. The van der Waals surface area contributed by atoms with E-state index < -0.39 is 6.04 Å². The monoisotopic (exact) mass is 469 g/mol. The van der Waals surface area contributed by atoms with Gasteiger partial charge in [0, 0.05) is 23.4 Å². The number of hydrogen-bond acceptors (Lipinski definition) is 4. The van der Waals surface area contributed by atoms with Crippen LogP contribution in [0.15, 0.2) is 90.1 Å². The highest BCUT2D eigenvalue weighted by Gasteiger charge is 2.41. The molecule has 1 amide bonds. The van der Waals surface area contributed by atoms with Crippen molar-refractivity contribution in [2.75, 3.05) is 22.1 Å². The third-order valence-corrected chi connectivity index (χ3v) is 6.56. The Morgan fingerprint density at radius 3 is 2.43 bits per heavy atom. The number of ketones is 1. The molecule has 3 aromatic carbocycles. The van der Waals surface area contributed by atoms with Gasteiger partial charge in [-0.2, -0.15) is 0 Å². The largest absolute Gasteiger partial charge is 0.357 e. The first-order chi connectivity index (χ1) is 16.8. The van der Waals surface area contributed by atoms with Gasteiger partial charge < -0.3 is 15.5 Å². The quantitative estimate of drug-likeness (QED) is 0.486. The Labute approximate surface area is 204 Å². The summed E-state index contributed by atoms with van der Waals surface area (Å²) in [6.07, 6.45) is 1.18. The maximum absolute atomic E-state index is 13.6. The fourth-order valence-corrected chi connectivity index (χ4v) is 5.10. The summed E-state index contributed by atoms with van der Waals surface area (Å²) in [4.78, 5) is 28.9. The molecule has 0 bridgehead atoms. The number of rotatable bonds is 4. The Bertz CT molecular complexity index is 1300. The Hall–Kier alpha value is -3.93. The predicted octanol–water partition coefficient (Wildman–Crippen LogP) is 6.08. The van der Waals surface area contributed by atoms with E-state index in [9.17, 15) is 14.0 Å². The van der Waals surface area contributed by atoms with Crippen molar-refractivity contribution in [2.24, 2.45) is 5.41 Å². The molecule has 2 aliphatic rings. The lowest BCUT2D eigenvalue weighted by atomic mass is 9.73. The smallest absolute Gasteiger partial charge is 0.243 e. The van der Waals surface area contributed by atoms with Gasteiger partial charge in [-0.25, -0.2) is 4.39 Å². The van der Waals surface area contributed by atoms with Crippen LogP contribution in [0, 0.1) is 11.2 Å². The third kappa shape index (κ3) is 4.69. The summed E-state index contributed by atoms with van der Waals surface area (Å²) in [5.74, 6) is -0.521. The summed E-state index contributed by atoms with van der Waals surface area (Å²) in [7, 11) is 0. The van der Waals surface area contributed by atoms with Gasteiger partial charge in [-0.05, 0) is 53.8 Å². The zero-order valence-electron chi connectivity index (χ0n) is 19.8. The van der Waals surface area contributed by atoms with E-state index in [1.54, 1.807) is 0 Å². The highest BCUT2D eigenvalue weighted by Crippen LogP contribution is 2.48. The minimum Gasteiger partial charge on any atom is -0.357 e. The minimum atomic E-state index is -0.426. The molecule has 35 heavy (non-hydrogen) atoms. The standard InChI is InChI=1S/C29H28FN3O2/c1-29(2)16-23-27(25(34)17-29)28(19-8-4-3-5-9-19)33(24-11-7-6-10-22(24)32-23)18-26(35)31-21-14-12-20(30)13-15-21/h3-15,28,32H,16-18H2,1-2H3,(H,31,35)/t28-/m1/s1. The van der Waals surface area contributed by atoms with Crippen molar-refractivity contribution in [1.82, 2.24) is 0 Å². The normalized spacial score (nSPS) is 18.8. The zero-order valence-corrected chi connectivity index (χ0v) is 19.8. The molecule has 0 saturated heterocycles. The first-order valence-corrected chi connectivity index (χ1v) is 11.8. The van der Waals surface area contributed by atoms with Crippen LogP contribution in [-0.2, 0) is 9.59 Å². The highest BCUT2D eigenvalue weighted by molar-refractivity contribution is 6.02. The molecule has 0 radical (unpaired) electrons. The number of Topliss-reactive ketones (excluding diaryl/α,β-unsaturated/α-hetero) is 1. The summed E-state index contributed by atoms with van der Waals surface area (Å²) < 4.78 is 13.3. The van der Waals surface area contributed by atoms with Crippen LogP contribution in [0.25, 0.3) is 0 Å². The molecular weight excluding hydrogens is 441 g/mol. The molecule has 1 heterocycles. The van der Waals surface area contributed by atoms with Gasteiger partial charge in [0.15, 0.2) is 5.78 Å². The lowest BCUT2D eigenvalue weighted by Gasteiger charge is -2.37. The summed E-state index contributed by atoms with van der Waals surface area (Å²) >= 11 is 0. The van der Waals surface area contributed by atoms with Gasteiger partial charge >= 0.3 is 0 Å². The van der Waals surface area contributed by atoms with Gasteiger partial charge in [0.25, 0.3) is 0 Å². The van der Waals surface area contributed by atoms with E-state index >= 15 is 0 Å². The summed E-state index contributed by atoms with van der Waals surface area (Å²) in [5, 5.41) is 6.42. The van der Waals surface area contributed by atoms with E-state index in [4.69, 9.17) is 0 Å². The van der Waals surface area contributed by atoms with Crippen molar-refractivity contribution >= 4 is 28.8 Å². The molecule has 2 N–H and O–H groups in total. The lowest BCUT2D eigenvalue weighted by molar-refractivity contribution is -0.119. The Morgan fingerprint density at radius 2 is 1.69 bits per heavy atom. The number of hydrogen-bond donors (Lipinski definition) is 2. The molecule has 1 aliphatic heterocycles. The molecule has 5 nitrogen and oxygen atoms in total. The summed E-state index contributed by atoms with van der Waals surface area (Å²) in [6, 6.07) is 22.9. The van der Waals surface area contributed by atoms with Crippen LogP contribution in [0.3, 0.4) is 0 Å². The van der Waals surface area contributed by atoms with E-state index in [0.717, 1.165) is 29.1 Å². The van der Waals surface area contributed by atoms with Gasteiger partial charge in [-0.1, -0.05) is 56.3 Å². The van der Waals surface area contributed by atoms with E-state index in [1.165, 1.54) is 24.3 Å². The first kappa shape index (κ1) is 22.8. The topological polar surface area (TPSA) is 61.4 Å². The third-order valence-electron chi connectivity index (χ3n) is 6.56. The second kappa shape index (κ2) is 9.02. The average Bonchev–Trinajstić information content (AvgIpc) is 2.95. The van der Waals surface area contributed by atoms with Crippen molar-refractivity contribution in [3.8, 4) is 0 Å². The first-order valence-electron chi connectivity index (χ1n) is 11.8. The van der Waals surface area contributed by atoms with Gasteiger partial charge in [0.1, 0.15) is 5.82 Å². The fourth-order valence-electron chi connectivity index (χ4n) is 5.10. The van der Waals surface area contributed by atoms with Crippen LogP contribution in [0.5, 0.6) is 0 Å². The van der Waals surface area contributed by atoms with E-state index in [2.05, 4.69) is 24.5 Å². The molecule has 0 saturated carbocycles. The van der Waals surface area contributed by atoms with E-state index in [1.807, 2.05) is 59.5 Å².